The molecule has 0 spiro atoms. The number of aryl methyl sites for hydroxylation is 1. The van der Waals surface area contributed by atoms with Gasteiger partial charge >= 0.3 is 0 Å². The molecule has 3 aromatic rings. The zero-order valence-corrected chi connectivity index (χ0v) is 13.6. The van der Waals surface area contributed by atoms with E-state index in [1.807, 2.05) is 49.4 Å². The third-order valence-corrected chi connectivity index (χ3v) is 4.25. The van der Waals surface area contributed by atoms with E-state index in [0.717, 1.165) is 21.5 Å². The van der Waals surface area contributed by atoms with Gasteiger partial charge in [-0.25, -0.2) is 4.98 Å². The second kappa shape index (κ2) is 6.66. The number of hydrogen-bond acceptors (Lipinski definition) is 5. The molecule has 3 rings (SSSR count). The van der Waals surface area contributed by atoms with Gasteiger partial charge in [-0.2, -0.15) is 0 Å². The van der Waals surface area contributed by atoms with Gasteiger partial charge in [-0.1, -0.05) is 29.5 Å². The number of benzene rings is 2. The minimum atomic E-state index is -0.237. The molecular formula is C17H16N2O3S. The fourth-order valence-electron chi connectivity index (χ4n) is 2.10. The molecule has 0 fully saturated rings. The zero-order valence-electron chi connectivity index (χ0n) is 12.8. The molecule has 0 radical (unpaired) electrons. The quantitative estimate of drug-likeness (QED) is 0.777. The number of anilines is 1. The number of ether oxygens (including phenoxy) is 2. The second-order valence-corrected chi connectivity index (χ2v) is 5.99. The topological polar surface area (TPSA) is 60.5 Å². The molecule has 0 bridgehead atoms. The van der Waals surface area contributed by atoms with Gasteiger partial charge < -0.3 is 9.47 Å². The zero-order chi connectivity index (χ0) is 16.2. The van der Waals surface area contributed by atoms with Gasteiger partial charge in [0.2, 0.25) is 0 Å². The number of carbonyl (C=O) groups excluding carboxylic acids is 1. The van der Waals surface area contributed by atoms with Gasteiger partial charge in [0, 0.05) is 6.07 Å². The molecule has 0 aliphatic heterocycles. The van der Waals surface area contributed by atoms with Crippen molar-refractivity contribution in [3.8, 4) is 11.5 Å². The van der Waals surface area contributed by atoms with E-state index in [2.05, 4.69) is 10.3 Å². The molecule has 0 saturated heterocycles. The van der Waals surface area contributed by atoms with Crippen molar-refractivity contribution in [1.82, 2.24) is 4.98 Å². The Labute approximate surface area is 137 Å². The van der Waals surface area contributed by atoms with E-state index in [1.165, 1.54) is 11.3 Å². The highest BCUT2D eigenvalue weighted by Crippen LogP contribution is 2.28. The number of nitrogens with zero attached hydrogens (tertiary/aromatic N) is 1. The monoisotopic (exact) mass is 328 g/mol. The van der Waals surface area contributed by atoms with Crippen LogP contribution in [-0.2, 0) is 4.79 Å². The predicted molar refractivity (Wildman–Crippen MR) is 91.5 cm³/mol. The van der Waals surface area contributed by atoms with Crippen molar-refractivity contribution in [3.63, 3.8) is 0 Å². The smallest absolute Gasteiger partial charge is 0.264 e. The Morgan fingerprint density at radius 1 is 1.26 bits per heavy atom. The first-order valence-corrected chi connectivity index (χ1v) is 7.90. The van der Waals surface area contributed by atoms with E-state index in [-0.39, 0.29) is 12.5 Å². The first-order valence-electron chi connectivity index (χ1n) is 7.08. The SMILES string of the molecule is COc1ccc2sc(NC(=O)COc3ccccc3C)nc2c1. The Bertz CT molecular complexity index is 845. The Hall–Kier alpha value is -2.60. The molecule has 1 heterocycles. The minimum Gasteiger partial charge on any atom is -0.497 e. The molecule has 5 nitrogen and oxygen atoms in total. The first kappa shape index (κ1) is 15.3. The number of methoxy groups -OCH3 is 1. The van der Waals surface area contributed by atoms with Gasteiger partial charge in [-0.05, 0) is 30.7 Å². The van der Waals surface area contributed by atoms with Crippen LogP contribution < -0.4 is 14.8 Å². The lowest BCUT2D eigenvalue weighted by Gasteiger charge is -2.07. The number of aromatic nitrogens is 1. The molecule has 0 saturated carbocycles. The Morgan fingerprint density at radius 2 is 2.09 bits per heavy atom. The van der Waals surface area contributed by atoms with Crippen LogP contribution in [0.15, 0.2) is 42.5 Å². The molecule has 118 valence electrons. The van der Waals surface area contributed by atoms with Crippen LogP contribution >= 0.6 is 11.3 Å². The summed E-state index contributed by atoms with van der Waals surface area (Å²) < 4.78 is 11.7. The van der Waals surface area contributed by atoms with Crippen LogP contribution in [0.4, 0.5) is 5.13 Å². The number of hydrogen-bond donors (Lipinski definition) is 1. The third-order valence-electron chi connectivity index (χ3n) is 3.29. The molecule has 1 aromatic heterocycles. The largest absolute Gasteiger partial charge is 0.497 e. The van der Waals surface area contributed by atoms with Crippen molar-refractivity contribution in [2.45, 2.75) is 6.92 Å². The summed E-state index contributed by atoms with van der Waals surface area (Å²) in [6.07, 6.45) is 0. The number of thiazole rings is 1. The maximum absolute atomic E-state index is 12.0. The number of rotatable bonds is 5. The summed E-state index contributed by atoms with van der Waals surface area (Å²) in [7, 11) is 1.61. The van der Waals surface area contributed by atoms with Crippen LogP contribution in [0.2, 0.25) is 0 Å². The number of fused-ring (bicyclic) bond motifs is 1. The average molecular weight is 328 g/mol. The summed E-state index contributed by atoms with van der Waals surface area (Å²) in [5.41, 5.74) is 1.79. The van der Waals surface area contributed by atoms with E-state index < -0.39 is 0 Å². The van der Waals surface area contributed by atoms with Crippen molar-refractivity contribution in [3.05, 3.63) is 48.0 Å². The molecule has 2 aromatic carbocycles. The Kier molecular flexibility index (Phi) is 4.43. The summed E-state index contributed by atoms with van der Waals surface area (Å²) in [4.78, 5) is 16.4. The van der Waals surface area contributed by atoms with E-state index in [0.29, 0.717) is 10.9 Å². The van der Waals surface area contributed by atoms with Crippen LogP contribution in [0, 0.1) is 6.92 Å². The van der Waals surface area contributed by atoms with Crippen molar-refractivity contribution >= 4 is 32.6 Å². The molecule has 1 amide bonds. The van der Waals surface area contributed by atoms with E-state index in [9.17, 15) is 4.79 Å². The normalized spacial score (nSPS) is 10.5. The lowest BCUT2D eigenvalue weighted by Crippen LogP contribution is -2.20. The van der Waals surface area contributed by atoms with Crippen molar-refractivity contribution in [1.29, 1.82) is 0 Å². The molecule has 6 heteroatoms. The van der Waals surface area contributed by atoms with Gasteiger partial charge in [0.05, 0.1) is 17.3 Å². The molecule has 23 heavy (non-hydrogen) atoms. The van der Waals surface area contributed by atoms with Crippen LogP contribution in [0.25, 0.3) is 10.2 Å². The van der Waals surface area contributed by atoms with Gasteiger partial charge in [0.1, 0.15) is 11.5 Å². The molecular weight excluding hydrogens is 312 g/mol. The minimum absolute atomic E-state index is 0.0515. The van der Waals surface area contributed by atoms with Crippen LogP contribution in [-0.4, -0.2) is 24.6 Å². The highest BCUT2D eigenvalue weighted by atomic mass is 32.1. The van der Waals surface area contributed by atoms with Gasteiger partial charge in [0.25, 0.3) is 5.91 Å². The molecule has 1 N–H and O–H groups in total. The highest BCUT2D eigenvalue weighted by molar-refractivity contribution is 7.22. The molecule has 0 aliphatic rings. The third kappa shape index (κ3) is 3.60. The van der Waals surface area contributed by atoms with Gasteiger partial charge in [-0.3, -0.25) is 10.1 Å². The predicted octanol–water partition coefficient (Wildman–Crippen LogP) is 3.63. The second-order valence-electron chi connectivity index (χ2n) is 4.96. The van der Waals surface area contributed by atoms with Crippen molar-refractivity contribution in [2.24, 2.45) is 0 Å². The number of nitrogens with one attached hydrogen (secondary N) is 1. The van der Waals surface area contributed by atoms with Crippen molar-refractivity contribution in [2.75, 3.05) is 19.0 Å². The highest BCUT2D eigenvalue weighted by Gasteiger charge is 2.10. The fraction of sp³-hybridized carbons (Fsp3) is 0.176. The maximum atomic E-state index is 12.0. The number of para-hydroxylation sites is 1. The average Bonchev–Trinajstić information content (AvgIpc) is 2.95. The van der Waals surface area contributed by atoms with E-state index >= 15 is 0 Å². The van der Waals surface area contributed by atoms with Gasteiger partial charge in [-0.15, -0.1) is 0 Å². The molecule has 0 unspecified atom stereocenters. The standard InChI is InChI=1S/C17H16N2O3S/c1-11-5-3-4-6-14(11)22-10-16(20)19-17-18-13-9-12(21-2)7-8-15(13)23-17/h3-9H,10H2,1-2H3,(H,18,19,20). The first-order chi connectivity index (χ1) is 11.2. The lowest BCUT2D eigenvalue weighted by atomic mass is 10.2. The van der Waals surface area contributed by atoms with E-state index in [1.54, 1.807) is 7.11 Å². The van der Waals surface area contributed by atoms with Crippen LogP contribution in [0.5, 0.6) is 11.5 Å². The number of amides is 1. The van der Waals surface area contributed by atoms with Crippen LogP contribution in [0.1, 0.15) is 5.56 Å². The summed E-state index contributed by atoms with van der Waals surface area (Å²) in [5.74, 6) is 1.21. The Balaban J connectivity index is 1.64. The summed E-state index contributed by atoms with van der Waals surface area (Å²) >= 11 is 1.42. The summed E-state index contributed by atoms with van der Waals surface area (Å²) in [6.45, 7) is 1.89. The number of carbonyl (C=O) groups is 1. The molecule has 0 atom stereocenters. The summed E-state index contributed by atoms with van der Waals surface area (Å²) in [5, 5.41) is 3.31. The van der Waals surface area contributed by atoms with Crippen molar-refractivity contribution < 1.29 is 14.3 Å². The van der Waals surface area contributed by atoms with Gasteiger partial charge in [0.15, 0.2) is 11.7 Å². The fourth-order valence-corrected chi connectivity index (χ4v) is 2.97. The van der Waals surface area contributed by atoms with E-state index in [4.69, 9.17) is 9.47 Å². The maximum Gasteiger partial charge on any atom is 0.264 e. The molecule has 0 aliphatic carbocycles. The lowest BCUT2D eigenvalue weighted by molar-refractivity contribution is -0.118. The van der Waals surface area contributed by atoms with Crippen LogP contribution in [0.3, 0.4) is 0 Å². The summed E-state index contributed by atoms with van der Waals surface area (Å²) in [6, 6.07) is 13.2. The Morgan fingerprint density at radius 3 is 2.87 bits per heavy atom.